The monoisotopic (exact) mass is 324 g/mol. The molecule has 1 aliphatic heterocycles. The first-order valence-corrected chi connectivity index (χ1v) is 7.52. The van der Waals surface area contributed by atoms with E-state index in [9.17, 15) is 14.4 Å². The molecule has 2 amide bonds. The molecule has 1 aliphatic rings. The molecule has 0 aromatic heterocycles. The molecule has 3 rings (SSSR count). The van der Waals surface area contributed by atoms with Gasteiger partial charge in [-0.15, -0.1) is 0 Å². The summed E-state index contributed by atoms with van der Waals surface area (Å²) in [6.45, 7) is 0. The lowest BCUT2D eigenvalue weighted by atomic mass is 10.0. The molecule has 1 atom stereocenters. The predicted octanol–water partition coefficient (Wildman–Crippen LogP) is 1.95. The van der Waals surface area contributed by atoms with Gasteiger partial charge >= 0.3 is 5.97 Å². The Kier molecular flexibility index (Phi) is 4.29. The molecular weight excluding hydrogens is 308 g/mol. The first kappa shape index (κ1) is 15.7. The Labute approximate surface area is 138 Å². The largest absolute Gasteiger partial charge is 0.444 e. The van der Waals surface area contributed by atoms with Gasteiger partial charge in [-0.1, -0.05) is 30.3 Å². The fourth-order valence-corrected chi connectivity index (χ4v) is 2.60. The van der Waals surface area contributed by atoms with Gasteiger partial charge in [0.05, 0.1) is 5.56 Å². The van der Waals surface area contributed by atoms with Crippen LogP contribution in [0, 0.1) is 0 Å². The van der Waals surface area contributed by atoms with Crippen LogP contribution in [0.5, 0.6) is 0 Å². The third-order valence-corrected chi connectivity index (χ3v) is 3.82. The first-order chi connectivity index (χ1) is 11.5. The number of hydrogen-bond donors (Lipinski definition) is 2. The van der Waals surface area contributed by atoms with Crippen LogP contribution in [0.25, 0.3) is 0 Å². The second-order valence-electron chi connectivity index (χ2n) is 5.52. The van der Waals surface area contributed by atoms with Gasteiger partial charge < -0.3 is 15.8 Å². The number of aryl methyl sites for hydroxylation is 1. The van der Waals surface area contributed by atoms with E-state index in [0.717, 1.165) is 5.56 Å². The fourth-order valence-electron chi connectivity index (χ4n) is 2.60. The Bertz CT molecular complexity index is 802. The number of ether oxygens (including phenoxy) is 1. The van der Waals surface area contributed by atoms with E-state index in [0.29, 0.717) is 29.7 Å². The zero-order chi connectivity index (χ0) is 17.1. The molecule has 2 aromatic rings. The third kappa shape index (κ3) is 3.27. The van der Waals surface area contributed by atoms with Gasteiger partial charge in [0.1, 0.15) is 0 Å². The SMILES string of the molecule is NC(=O)C(OC(=O)c1ccc2c(c1)CCC(=O)N2)c1ccccc1. The van der Waals surface area contributed by atoms with E-state index in [1.54, 1.807) is 48.5 Å². The molecule has 0 spiro atoms. The minimum atomic E-state index is -1.14. The van der Waals surface area contributed by atoms with Crippen LogP contribution in [-0.2, 0) is 20.7 Å². The standard InChI is InChI=1S/C18H16N2O4/c19-17(22)16(11-4-2-1-3-5-11)24-18(23)13-6-8-14-12(10-13)7-9-15(21)20-14/h1-6,8,10,16H,7,9H2,(H2,19,22)(H,20,21). The van der Waals surface area contributed by atoms with Gasteiger partial charge in [-0.2, -0.15) is 0 Å². The highest BCUT2D eigenvalue weighted by Crippen LogP contribution is 2.25. The maximum absolute atomic E-state index is 12.4. The molecule has 122 valence electrons. The zero-order valence-electron chi connectivity index (χ0n) is 12.8. The first-order valence-electron chi connectivity index (χ1n) is 7.52. The highest BCUT2D eigenvalue weighted by atomic mass is 16.5. The minimum absolute atomic E-state index is 0.0457. The van der Waals surface area contributed by atoms with Crippen LogP contribution in [0.3, 0.4) is 0 Å². The molecule has 2 aromatic carbocycles. The number of nitrogens with two attached hydrogens (primary N) is 1. The summed E-state index contributed by atoms with van der Waals surface area (Å²) < 4.78 is 5.30. The van der Waals surface area contributed by atoms with Crippen LogP contribution >= 0.6 is 0 Å². The summed E-state index contributed by atoms with van der Waals surface area (Å²) in [6.07, 6.45) is -0.214. The van der Waals surface area contributed by atoms with E-state index >= 15 is 0 Å². The number of hydrogen-bond acceptors (Lipinski definition) is 4. The summed E-state index contributed by atoms with van der Waals surface area (Å²) in [5.41, 5.74) is 7.74. The summed E-state index contributed by atoms with van der Waals surface area (Å²) >= 11 is 0. The molecule has 3 N–H and O–H groups in total. The summed E-state index contributed by atoms with van der Waals surface area (Å²) in [5.74, 6) is -1.42. The summed E-state index contributed by atoms with van der Waals surface area (Å²) in [4.78, 5) is 35.4. The number of nitrogens with one attached hydrogen (secondary N) is 1. The average Bonchev–Trinajstić information content (AvgIpc) is 2.59. The molecule has 0 saturated carbocycles. The smallest absolute Gasteiger partial charge is 0.339 e. The van der Waals surface area contributed by atoms with Crippen molar-refractivity contribution in [1.29, 1.82) is 0 Å². The van der Waals surface area contributed by atoms with Crippen molar-refractivity contribution >= 4 is 23.5 Å². The number of benzene rings is 2. The molecule has 0 bridgehead atoms. The van der Waals surface area contributed by atoms with Crippen molar-refractivity contribution in [2.75, 3.05) is 5.32 Å². The Morgan fingerprint density at radius 2 is 1.83 bits per heavy atom. The van der Waals surface area contributed by atoms with Crippen molar-refractivity contribution in [3.05, 3.63) is 65.2 Å². The number of rotatable bonds is 4. The molecule has 0 saturated heterocycles. The van der Waals surface area contributed by atoms with Crippen LogP contribution in [0.1, 0.15) is 34.0 Å². The summed E-state index contributed by atoms with van der Waals surface area (Å²) in [5, 5.41) is 2.75. The van der Waals surface area contributed by atoms with Gasteiger partial charge in [0.25, 0.3) is 5.91 Å². The van der Waals surface area contributed by atoms with E-state index in [4.69, 9.17) is 10.5 Å². The fraction of sp³-hybridized carbons (Fsp3) is 0.167. The molecule has 6 nitrogen and oxygen atoms in total. The minimum Gasteiger partial charge on any atom is -0.444 e. The van der Waals surface area contributed by atoms with Gasteiger partial charge in [-0.3, -0.25) is 9.59 Å². The number of carbonyl (C=O) groups is 3. The van der Waals surface area contributed by atoms with Crippen LogP contribution in [0.2, 0.25) is 0 Å². The molecular formula is C18H16N2O4. The molecule has 0 aliphatic carbocycles. The predicted molar refractivity (Wildman–Crippen MR) is 87.2 cm³/mol. The lowest BCUT2D eigenvalue weighted by molar-refractivity contribution is -0.127. The molecule has 0 fully saturated rings. The van der Waals surface area contributed by atoms with Crippen molar-refractivity contribution in [2.45, 2.75) is 18.9 Å². The maximum Gasteiger partial charge on any atom is 0.339 e. The Balaban J connectivity index is 1.81. The lowest BCUT2D eigenvalue weighted by Crippen LogP contribution is -2.26. The summed E-state index contributed by atoms with van der Waals surface area (Å²) in [7, 11) is 0. The number of carbonyl (C=O) groups excluding carboxylic acids is 3. The van der Waals surface area contributed by atoms with Crippen molar-refractivity contribution in [2.24, 2.45) is 5.73 Å². The number of esters is 1. The summed E-state index contributed by atoms with van der Waals surface area (Å²) in [6, 6.07) is 13.5. The number of amides is 2. The lowest BCUT2D eigenvalue weighted by Gasteiger charge is -2.18. The van der Waals surface area contributed by atoms with Crippen LogP contribution in [0.15, 0.2) is 48.5 Å². The van der Waals surface area contributed by atoms with Crippen molar-refractivity contribution in [3.8, 4) is 0 Å². The highest BCUT2D eigenvalue weighted by molar-refractivity contribution is 5.96. The molecule has 6 heteroatoms. The molecule has 24 heavy (non-hydrogen) atoms. The van der Waals surface area contributed by atoms with E-state index in [2.05, 4.69) is 5.32 Å². The number of primary amides is 1. The maximum atomic E-state index is 12.4. The average molecular weight is 324 g/mol. The molecule has 0 radical (unpaired) electrons. The van der Waals surface area contributed by atoms with Gasteiger partial charge in [0.15, 0.2) is 0 Å². The number of fused-ring (bicyclic) bond motifs is 1. The van der Waals surface area contributed by atoms with E-state index in [1.165, 1.54) is 0 Å². The van der Waals surface area contributed by atoms with Crippen LogP contribution in [0.4, 0.5) is 5.69 Å². The highest BCUT2D eigenvalue weighted by Gasteiger charge is 2.24. The van der Waals surface area contributed by atoms with Crippen molar-refractivity contribution in [3.63, 3.8) is 0 Å². The topological polar surface area (TPSA) is 98.5 Å². The van der Waals surface area contributed by atoms with Crippen LogP contribution < -0.4 is 11.1 Å². The van der Waals surface area contributed by atoms with E-state index in [1.807, 2.05) is 0 Å². The normalized spacial score (nSPS) is 14.2. The van der Waals surface area contributed by atoms with Crippen molar-refractivity contribution in [1.82, 2.24) is 0 Å². The Morgan fingerprint density at radius 1 is 1.08 bits per heavy atom. The second-order valence-corrected chi connectivity index (χ2v) is 5.52. The van der Waals surface area contributed by atoms with Crippen molar-refractivity contribution < 1.29 is 19.1 Å². The van der Waals surface area contributed by atoms with Gasteiger partial charge in [0.2, 0.25) is 12.0 Å². The van der Waals surface area contributed by atoms with E-state index < -0.39 is 18.0 Å². The van der Waals surface area contributed by atoms with Gasteiger partial charge in [-0.05, 0) is 30.2 Å². The van der Waals surface area contributed by atoms with E-state index in [-0.39, 0.29) is 5.91 Å². The third-order valence-electron chi connectivity index (χ3n) is 3.82. The molecule has 1 heterocycles. The van der Waals surface area contributed by atoms with Gasteiger partial charge in [0, 0.05) is 17.7 Å². The molecule has 1 unspecified atom stereocenters. The number of anilines is 1. The zero-order valence-corrected chi connectivity index (χ0v) is 12.8. The van der Waals surface area contributed by atoms with Crippen LogP contribution in [-0.4, -0.2) is 17.8 Å². The Morgan fingerprint density at radius 3 is 2.54 bits per heavy atom. The van der Waals surface area contributed by atoms with Gasteiger partial charge in [-0.25, -0.2) is 4.79 Å². The quantitative estimate of drug-likeness (QED) is 0.840. The Hall–Kier alpha value is -3.15. The second kappa shape index (κ2) is 6.54.